The summed E-state index contributed by atoms with van der Waals surface area (Å²) in [6.07, 6.45) is 3.62. The number of rotatable bonds is 6. The van der Waals surface area contributed by atoms with Gasteiger partial charge in [0.15, 0.2) is 0 Å². The quantitative estimate of drug-likeness (QED) is 0.816. The van der Waals surface area contributed by atoms with Crippen molar-refractivity contribution in [2.75, 3.05) is 26.7 Å². The molecule has 1 N–H and O–H groups in total. The molecule has 5 heteroatoms. The van der Waals surface area contributed by atoms with Gasteiger partial charge in [0.25, 0.3) is 0 Å². The number of piperidine rings is 1. The largest absolute Gasteiger partial charge is 0.465 e. The number of esters is 1. The molecule has 0 aliphatic carbocycles. The van der Waals surface area contributed by atoms with Gasteiger partial charge in [0.2, 0.25) is 0 Å². The summed E-state index contributed by atoms with van der Waals surface area (Å²) in [4.78, 5) is 14.0. The Hall–Kier alpha value is -1.10. The first-order valence-electron chi connectivity index (χ1n) is 7.86. The lowest BCUT2D eigenvalue weighted by Gasteiger charge is -2.34. The molecule has 1 aromatic rings. The average molecular weight is 327 g/mol. The molecule has 1 aliphatic heterocycles. The Bertz CT molecular complexity index is 444. The first kappa shape index (κ1) is 18.9. The van der Waals surface area contributed by atoms with Crippen LogP contribution >= 0.6 is 12.4 Å². The molecule has 0 saturated carbocycles. The van der Waals surface area contributed by atoms with E-state index in [1.54, 1.807) is 0 Å². The molecule has 124 valence electrons. The van der Waals surface area contributed by atoms with Gasteiger partial charge >= 0.3 is 5.97 Å². The molecular weight excluding hydrogens is 300 g/mol. The Morgan fingerprint density at radius 2 is 1.91 bits per heavy atom. The highest BCUT2D eigenvalue weighted by Gasteiger charge is 2.20. The lowest BCUT2D eigenvalue weighted by atomic mass is 10.0. The summed E-state index contributed by atoms with van der Waals surface area (Å²) < 4.78 is 4.73. The van der Waals surface area contributed by atoms with Gasteiger partial charge in [0, 0.05) is 12.6 Å². The maximum absolute atomic E-state index is 11.5. The number of carbonyl (C=O) groups excluding carboxylic acids is 1. The zero-order chi connectivity index (χ0) is 15.1. The Morgan fingerprint density at radius 1 is 1.27 bits per heavy atom. The molecular formula is C17H27ClN2O2. The van der Waals surface area contributed by atoms with Crippen LogP contribution in [-0.2, 0) is 11.3 Å². The van der Waals surface area contributed by atoms with Crippen molar-refractivity contribution in [3.63, 3.8) is 0 Å². The summed E-state index contributed by atoms with van der Waals surface area (Å²) in [5.74, 6) is -0.273. The number of hydrogen-bond donors (Lipinski definition) is 1. The molecule has 1 saturated heterocycles. The molecule has 0 radical (unpaired) electrons. The fourth-order valence-corrected chi connectivity index (χ4v) is 2.95. The van der Waals surface area contributed by atoms with Gasteiger partial charge in [0.1, 0.15) is 0 Å². The predicted molar refractivity (Wildman–Crippen MR) is 91.6 cm³/mol. The third kappa shape index (κ3) is 5.27. The topological polar surface area (TPSA) is 41.6 Å². The first-order valence-corrected chi connectivity index (χ1v) is 7.86. The lowest BCUT2D eigenvalue weighted by molar-refractivity contribution is 0.0600. The van der Waals surface area contributed by atoms with Crippen LogP contribution in [0.2, 0.25) is 0 Å². The predicted octanol–water partition coefficient (Wildman–Crippen LogP) is 2.86. The Balaban J connectivity index is 0.00000242. The third-order valence-corrected chi connectivity index (χ3v) is 4.10. The molecule has 22 heavy (non-hydrogen) atoms. The SMILES string of the molecule is CCCN(Cc1ccc(C(=O)OC)cc1)C1CCNCC1.Cl. The molecule has 1 aliphatic rings. The van der Waals surface area contributed by atoms with Crippen LogP contribution in [0.5, 0.6) is 0 Å². The number of halogens is 1. The highest BCUT2D eigenvalue weighted by atomic mass is 35.5. The zero-order valence-corrected chi connectivity index (χ0v) is 14.3. The average Bonchev–Trinajstić information content (AvgIpc) is 2.55. The van der Waals surface area contributed by atoms with Crippen molar-refractivity contribution in [3.8, 4) is 0 Å². The van der Waals surface area contributed by atoms with E-state index < -0.39 is 0 Å². The number of hydrogen-bond acceptors (Lipinski definition) is 4. The highest BCUT2D eigenvalue weighted by molar-refractivity contribution is 5.89. The number of carbonyl (C=O) groups is 1. The van der Waals surface area contributed by atoms with Gasteiger partial charge in [-0.25, -0.2) is 4.79 Å². The molecule has 0 spiro atoms. The van der Waals surface area contributed by atoms with E-state index in [2.05, 4.69) is 17.1 Å². The molecule has 0 unspecified atom stereocenters. The van der Waals surface area contributed by atoms with Crippen molar-refractivity contribution >= 4 is 18.4 Å². The highest BCUT2D eigenvalue weighted by Crippen LogP contribution is 2.17. The molecule has 1 fully saturated rings. The molecule has 1 heterocycles. The van der Waals surface area contributed by atoms with Crippen molar-refractivity contribution in [3.05, 3.63) is 35.4 Å². The minimum absolute atomic E-state index is 0. The third-order valence-electron chi connectivity index (χ3n) is 4.10. The van der Waals surface area contributed by atoms with Gasteiger partial charge in [-0.1, -0.05) is 19.1 Å². The normalized spacial score (nSPS) is 15.4. The van der Waals surface area contributed by atoms with E-state index in [-0.39, 0.29) is 18.4 Å². The minimum Gasteiger partial charge on any atom is -0.465 e. The van der Waals surface area contributed by atoms with Gasteiger partial charge in [-0.3, -0.25) is 4.90 Å². The molecule has 0 bridgehead atoms. The summed E-state index contributed by atoms with van der Waals surface area (Å²) in [7, 11) is 1.41. The van der Waals surface area contributed by atoms with Crippen molar-refractivity contribution in [2.45, 2.75) is 38.8 Å². The van der Waals surface area contributed by atoms with Crippen LogP contribution in [0.1, 0.15) is 42.1 Å². The number of benzene rings is 1. The number of ether oxygens (including phenoxy) is 1. The van der Waals surface area contributed by atoms with Gasteiger partial charge in [-0.05, 0) is 56.6 Å². The van der Waals surface area contributed by atoms with Crippen molar-refractivity contribution in [1.29, 1.82) is 0 Å². The summed E-state index contributed by atoms with van der Waals surface area (Å²) in [5, 5.41) is 3.42. The van der Waals surface area contributed by atoms with Crippen molar-refractivity contribution in [1.82, 2.24) is 10.2 Å². The van der Waals surface area contributed by atoms with Gasteiger partial charge in [-0.15, -0.1) is 12.4 Å². The van der Waals surface area contributed by atoms with E-state index in [0.717, 1.165) is 26.2 Å². The first-order chi connectivity index (χ1) is 10.2. The van der Waals surface area contributed by atoms with Crippen LogP contribution < -0.4 is 5.32 Å². The fourth-order valence-electron chi connectivity index (χ4n) is 2.95. The van der Waals surface area contributed by atoms with Crippen LogP contribution in [0.15, 0.2) is 24.3 Å². The van der Waals surface area contributed by atoms with Crippen LogP contribution in [0.3, 0.4) is 0 Å². The Labute approximate surface area is 139 Å². The number of nitrogens with zero attached hydrogens (tertiary/aromatic N) is 1. The zero-order valence-electron chi connectivity index (χ0n) is 13.5. The van der Waals surface area contributed by atoms with E-state index in [1.165, 1.54) is 31.9 Å². The van der Waals surface area contributed by atoms with E-state index in [1.807, 2.05) is 24.3 Å². The van der Waals surface area contributed by atoms with E-state index in [9.17, 15) is 4.79 Å². The van der Waals surface area contributed by atoms with Crippen LogP contribution in [0.25, 0.3) is 0 Å². The second-order valence-corrected chi connectivity index (χ2v) is 5.64. The number of methoxy groups -OCH3 is 1. The van der Waals surface area contributed by atoms with E-state index >= 15 is 0 Å². The van der Waals surface area contributed by atoms with E-state index in [0.29, 0.717) is 11.6 Å². The van der Waals surface area contributed by atoms with Gasteiger partial charge in [0.05, 0.1) is 12.7 Å². The van der Waals surface area contributed by atoms with Crippen LogP contribution in [0.4, 0.5) is 0 Å². The summed E-state index contributed by atoms with van der Waals surface area (Å²) >= 11 is 0. The second kappa shape index (κ2) is 9.82. The van der Waals surface area contributed by atoms with Crippen molar-refractivity contribution in [2.24, 2.45) is 0 Å². The summed E-state index contributed by atoms with van der Waals surface area (Å²) in [5.41, 5.74) is 1.87. The molecule has 2 rings (SSSR count). The van der Waals surface area contributed by atoms with Crippen molar-refractivity contribution < 1.29 is 9.53 Å². The van der Waals surface area contributed by atoms with E-state index in [4.69, 9.17) is 4.74 Å². The summed E-state index contributed by atoms with van der Waals surface area (Å²) in [6, 6.07) is 8.46. The number of nitrogens with one attached hydrogen (secondary N) is 1. The Morgan fingerprint density at radius 3 is 2.45 bits per heavy atom. The minimum atomic E-state index is -0.273. The maximum Gasteiger partial charge on any atom is 0.337 e. The maximum atomic E-state index is 11.5. The van der Waals surface area contributed by atoms with Crippen LogP contribution in [-0.4, -0.2) is 43.7 Å². The smallest absolute Gasteiger partial charge is 0.337 e. The molecule has 0 atom stereocenters. The molecule has 4 nitrogen and oxygen atoms in total. The molecule has 1 aromatic carbocycles. The Kier molecular flexibility index (Phi) is 8.46. The lowest BCUT2D eigenvalue weighted by Crippen LogP contribution is -2.43. The molecule has 0 aromatic heterocycles. The monoisotopic (exact) mass is 326 g/mol. The fraction of sp³-hybridized carbons (Fsp3) is 0.588. The standard InChI is InChI=1S/C17H26N2O2.ClH/c1-3-12-19(16-8-10-18-11-9-16)13-14-4-6-15(7-5-14)17(20)21-2;/h4-7,16,18H,3,8-13H2,1-2H3;1H. The molecule has 0 amide bonds. The van der Waals surface area contributed by atoms with Gasteiger partial charge < -0.3 is 10.1 Å². The van der Waals surface area contributed by atoms with Crippen LogP contribution in [0, 0.1) is 0 Å². The van der Waals surface area contributed by atoms with Gasteiger partial charge in [-0.2, -0.15) is 0 Å². The summed E-state index contributed by atoms with van der Waals surface area (Å²) in [6.45, 7) is 6.55. The second-order valence-electron chi connectivity index (χ2n) is 5.64.